The molecular weight excluding hydrogens is 509 g/mol. The molecule has 0 spiro atoms. The lowest BCUT2D eigenvalue weighted by molar-refractivity contribution is -0.274. The van der Waals surface area contributed by atoms with Crippen LogP contribution in [0.4, 0.5) is 24.8 Å². The molecule has 1 aliphatic heterocycles. The normalized spacial score (nSPS) is 13.8. The molecule has 2 aromatic heterocycles. The highest BCUT2D eigenvalue weighted by molar-refractivity contribution is 7.98. The zero-order chi connectivity index (χ0) is 26.4. The summed E-state index contributed by atoms with van der Waals surface area (Å²) in [5, 5.41) is 3.14. The van der Waals surface area contributed by atoms with Crippen LogP contribution in [-0.2, 0) is 10.5 Å². The topological polar surface area (TPSA) is 101 Å². The van der Waals surface area contributed by atoms with E-state index in [1.165, 1.54) is 23.9 Å². The molecule has 3 aromatic rings. The molecule has 4 rings (SSSR count). The second-order valence-electron chi connectivity index (χ2n) is 8.01. The lowest BCUT2D eigenvalue weighted by Gasteiger charge is -2.34. The Kier molecular flexibility index (Phi) is 8.11. The first-order valence-electron chi connectivity index (χ1n) is 11.3. The molecule has 1 aliphatic rings. The lowest BCUT2D eigenvalue weighted by atomic mass is 10.2. The number of thioether (sulfide) groups is 1. The number of carbonyl (C=O) groups is 2. The summed E-state index contributed by atoms with van der Waals surface area (Å²) >= 11 is 1.33. The van der Waals surface area contributed by atoms with Crippen LogP contribution in [0.25, 0.3) is 0 Å². The van der Waals surface area contributed by atoms with Crippen LogP contribution in [0, 0.1) is 0 Å². The van der Waals surface area contributed by atoms with Crippen LogP contribution < -0.4 is 15.0 Å². The second kappa shape index (κ2) is 11.5. The van der Waals surface area contributed by atoms with Crippen LogP contribution in [0.2, 0.25) is 0 Å². The highest BCUT2D eigenvalue weighted by atomic mass is 32.2. The summed E-state index contributed by atoms with van der Waals surface area (Å²) < 4.78 is 40.9. The van der Waals surface area contributed by atoms with Gasteiger partial charge in [0.1, 0.15) is 10.8 Å². The summed E-state index contributed by atoms with van der Waals surface area (Å²) in [4.78, 5) is 41.5. The molecule has 3 heterocycles. The van der Waals surface area contributed by atoms with Gasteiger partial charge in [0.05, 0.1) is 11.3 Å². The number of carbonyl (C=O) groups excluding carboxylic acids is 2. The summed E-state index contributed by atoms with van der Waals surface area (Å²) in [5.74, 6) is 0.232. The van der Waals surface area contributed by atoms with Crippen molar-refractivity contribution < 1.29 is 27.5 Å². The van der Waals surface area contributed by atoms with Crippen LogP contribution >= 0.6 is 11.8 Å². The van der Waals surface area contributed by atoms with Crippen LogP contribution in [0.1, 0.15) is 23.0 Å². The van der Waals surface area contributed by atoms with E-state index in [1.807, 2.05) is 4.90 Å². The molecule has 13 heteroatoms. The van der Waals surface area contributed by atoms with Crippen LogP contribution in [-0.4, -0.2) is 64.2 Å². The van der Waals surface area contributed by atoms with Gasteiger partial charge in [0.2, 0.25) is 11.9 Å². The molecule has 0 radical (unpaired) electrons. The second-order valence-corrected chi connectivity index (χ2v) is 8.98. The van der Waals surface area contributed by atoms with Crippen molar-refractivity contribution in [2.24, 2.45) is 0 Å². The van der Waals surface area contributed by atoms with Gasteiger partial charge >= 0.3 is 6.36 Å². The quantitative estimate of drug-likeness (QED) is 0.456. The number of hydrogen-bond donors (Lipinski definition) is 1. The maximum atomic E-state index is 12.9. The first kappa shape index (κ1) is 26.2. The van der Waals surface area contributed by atoms with Crippen molar-refractivity contribution in [3.8, 4) is 5.75 Å². The Hall–Kier alpha value is -3.87. The molecule has 1 fully saturated rings. The third-order valence-corrected chi connectivity index (χ3v) is 6.47. The molecule has 0 atom stereocenters. The molecule has 0 bridgehead atoms. The minimum atomic E-state index is -4.79. The highest BCUT2D eigenvalue weighted by Crippen LogP contribution is 2.27. The molecule has 1 N–H and O–H groups in total. The van der Waals surface area contributed by atoms with Crippen molar-refractivity contribution in [3.05, 3.63) is 66.1 Å². The molecule has 1 saturated heterocycles. The third kappa shape index (κ3) is 7.32. The summed E-state index contributed by atoms with van der Waals surface area (Å²) in [6.07, 6.45) is -1.54. The number of aromatic nitrogens is 3. The van der Waals surface area contributed by atoms with Gasteiger partial charge in [-0.2, -0.15) is 0 Å². The molecule has 9 nitrogen and oxygen atoms in total. The number of benzene rings is 1. The van der Waals surface area contributed by atoms with Gasteiger partial charge in [-0.05, 0) is 42.5 Å². The predicted molar refractivity (Wildman–Crippen MR) is 131 cm³/mol. The summed E-state index contributed by atoms with van der Waals surface area (Å²) in [6, 6.07) is 9.91. The van der Waals surface area contributed by atoms with Crippen molar-refractivity contribution >= 4 is 35.2 Å². The number of nitrogens with zero attached hydrogens (tertiary/aromatic N) is 5. The number of ether oxygens (including phenoxy) is 1. The van der Waals surface area contributed by atoms with E-state index < -0.39 is 12.3 Å². The summed E-state index contributed by atoms with van der Waals surface area (Å²) in [6.45, 7) is 4.07. The number of halogens is 3. The van der Waals surface area contributed by atoms with Gasteiger partial charge < -0.3 is 19.9 Å². The summed E-state index contributed by atoms with van der Waals surface area (Å²) in [5.41, 5.74) is 1.38. The Morgan fingerprint density at radius 2 is 1.76 bits per heavy atom. The summed E-state index contributed by atoms with van der Waals surface area (Å²) in [7, 11) is 0. The number of alkyl halides is 3. The van der Waals surface area contributed by atoms with Crippen molar-refractivity contribution in [2.45, 2.75) is 24.1 Å². The van der Waals surface area contributed by atoms with E-state index in [1.54, 1.807) is 42.4 Å². The fourth-order valence-electron chi connectivity index (χ4n) is 3.60. The zero-order valence-electron chi connectivity index (χ0n) is 19.7. The Balaban J connectivity index is 1.38. The fourth-order valence-corrected chi connectivity index (χ4v) is 4.49. The van der Waals surface area contributed by atoms with Crippen LogP contribution in [0.15, 0.2) is 59.9 Å². The van der Waals surface area contributed by atoms with Gasteiger partial charge in [-0.1, -0.05) is 11.8 Å². The average Bonchev–Trinajstić information content (AvgIpc) is 2.88. The van der Waals surface area contributed by atoms with Crippen LogP contribution in [0.5, 0.6) is 5.75 Å². The van der Waals surface area contributed by atoms with E-state index in [2.05, 4.69) is 25.0 Å². The van der Waals surface area contributed by atoms with E-state index >= 15 is 0 Å². The number of pyridine rings is 1. The largest absolute Gasteiger partial charge is 0.573 e. The third-order valence-electron chi connectivity index (χ3n) is 5.43. The van der Waals surface area contributed by atoms with Gasteiger partial charge in [-0.25, -0.2) is 15.0 Å². The van der Waals surface area contributed by atoms with Crippen molar-refractivity contribution in [3.63, 3.8) is 0 Å². The van der Waals surface area contributed by atoms with Crippen molar-refractivity contribution in [2.75, 3.05) is 36.4 Å². The molecule has 1 aromatic carbocycles. The van der Waals surface area contributed by atoms with Gasteiger partial charge in [0.15, 0.2) is 0 Å². The Labute approximate surface area is 215 Å². The van der Waals surface area contributed by atoms with Crippen LogP contribution in [0.3, 0.4) is 0 Å². The Morgan fingerprint density at radius 1 is 1.03 bits per heavy atom. The van der Waals surface area contributed by atoms with E-state index in [-0.39, 0.29) is 11.7 Å². The number of nitrogens with one attached hydrogen (secondary N) is 1. The predicted octanol–water partition coefficient (Wildman–Crippen LogP) is 3.98. The lowest BCUT2D eigenvalue weighted by Crippen LogP contribution is -2.48. The van der Waals surface area contributed by atoms with Gasteiger partial charge in [-0.15, -0.1) is 13.2 Å². The first-order chi connectivity index (χ1) is 17.7. The molecule has 0 unspecified atom stereocenters. The van der Waals surface area contributed by atoms with E-state index in [9.17, 15) is 22.8 Å². The monoisotopic (exact) mass is 532 g/mol. The minimum absolute atomic E-state index is 0.0495. The number of rotatable bonds is 7. The first-order valence-corrected chi connectivity index (χ1v) is 12.2. The Bertz CT molecular complexity index is 1250. The maximum absolute atomic E-state index is 12.9. The molecule has 2 amide bonds. The minimum Gasteiger partial charge on any atom is -0.406 e. The molecule has 0 aliphatic carbocycles. The van der Waals surface area contributed by atoms with Crippen molar-refractivity contribution in [1.29, 1.82) is 0 Å². The SMILES string of the molecule is CC(=O)N1CCN(c2nccc(CSc3ncccc3C(=O)Nc3ccc(OC(F)(F)F)cc3)n2)CC1. The maximum Gasteiger partial charge on any atom is 0.573 e. The average molecular weight is 533 g/mol. The molecular formula is C24H23F3N6O3S. The Morgan fingerprint density at radius 3 is 2.43 bits per heavy atom. The van der Waals surface area contributed by atoms with E-state index in [4.69, 9.17) is 0 Å². The fraction of sp³-hybridized carbons (Fsp3) is 0.292. The van der Waals surface area contributed by atoms with Gasteiger partial charge in [0, 0.05) is 56.9 Å². The number of amides is 2. The van der Waals surface area contributed by atoms with Gasteiger partial charge in [-0.3, -0.25) is 9.59 Å². The highest BCUT2D eigenvalue weighted by Gasteiger charge is 2.31. The standard InChI is InChI=1S/C24H23F3N6O3S/c1-16(34)32-11-13-33(14-12-32)23-29-10-8-18(31-23)15-37-22-20(3-2-9-28-22)21(35)30-17-4-6-19(7-5-17)36-24(25,26)27/h2-10H,11-15H2,1H3,(H,30,35). The molecule has 0 saturated carbocycles. The van der Waals surface area contributed by atoms with E-state index in [0.717, 1.165) is 17.8 Å². The van der Waals surface area contributed by atoms with Gasteiger partial charge in [0.25, 0.3) is 5.91 Å². The smallest absolute Gasteiger partial charge is 0.406 e. The van der Waals surface area contributed by atoms with E-state index in [0.29, 0.717) is 54.2 Å². The number of hydrogen-bond acceptors (Lipinski definition) is 8. The number of piperazine rings is 1. The zero-order valence-corrected chi connectivity index (χ0v) is 20.6. The number of anilines is 2. The molecule has 194 valence electrons. The van der Waals surface area contributed by atoms with Crippen molar-refractivity contribution in [1.82, 2.24) is 19.9 Å². The molecule has 37 heavy (non-hydrogen) atoms.